The van der Waals surface area contributed by atoms with Crippen molar-refractivity contribution in [2.45, 2.75) is 33.1 Å². The van der Waals surface area contributed by atoms with E-state index in [0.29, 0.717) is 25.4 Å². The smallest absolute Gasteiger partial charge is 0.406 e. The standard InChI is InChI=1S/C18H28N2O3/c1-14(2)11-16(13-20-18(22)23-3)12-17(21)19-10-9-15-7-5-4-6-8-15/h4-8,14,16H,9-13H2,1-3H3,(H,19,21)(H,20,22)/t16-/m0/s1. The molecule has 0 heterocycles. The Morgan fingerprint density at radius 1 is 1.13 bits per heavy atom. The average Bonchev–Trinajstić information content (AvgIpc) is 2.52. The van der Waals surface area contributed by atoms with Crippen molar-refractivity contribution in [1.82, 2.24) is 10.6 Å². The number of methoxy groups -OCH3 is 1. The predicted octanol–water partition coefficient (Wildman–Crippen LogP) is 2.75. The number of alkyl carbamates (subject to hydrolysis) is 1. The fourth-order valence-corrected chi connectivity index (χ4v) is 2.53. The molecule has 0 unspecified atom stereocenters. The molecule has 0 bridgehead atoms. The second-order valence-corrected chi connectivity index (χ2v) is 6.16. The fourth-order valence-electron chi connectivity index (χ4n) is 2.53. The van der Waals surface area contributed by atoms with Gasteiger partial charge >= 0.3 is 6.09 Å². The molecular formula is C18H28N2O3. The minimum Gasteiger partial charge on any atom is -0.453 e. The van der Waals surface area contributed by atoms with E-state index >= 15 is 0 Å². The third kappa shape index (κ3) is 8.86. The maximum Gasteiger partial charge on any atom is 0.406 e. The zero-order chi connectivity index (χ0) is 17.1. The summed E-state index contributed by atoms with van der Waals surface area (Å²) in [5.74, 6) is 0.612. The van der Waals surface area contributed by atoms with Gasteiger partial charge in [-0.25, -0.2) is 4.79 Å². The van der Waals surface area contributed by atoms with Gasteiger partial charge in [-0.2, -0.15) is 0 Å². The van der Waals surface area contributed by atoms with E-state index in [1.54, 1.807) is 0 Å². The molecule has 1 aromatic carbocycles. The monoisotopic (exact) mass is 320 g/mol. The van der Waals surface area contributed by atoms with E-state index in [0.717, 1.165) is 12.8 Å². The first-order chi connectivity index (χ1) is 11.0. The Bertz CT molecular complexity index is 474. The first-order valence-electron chi connectivity index (χ1n) is 8.13. The summed E-state index contributed by atoms with van der Waals surface area (Å²) in [5, 5.41) is 5.64. The van der Waals surface area contributed by atoms with Crippen LogP contribution in [0.1, 0.15) is 32.3 Å². The number of carbonyl (C=O) groups is 2. The number of benzene rings is 1. The highest BCUT2D eigenvalue weighted by molar-refractivity contribution is 5.76. The van der Waals surface area contributed by atoms with E-state index in [4.69, 9.17) is 0 Å². The van der Waals surface area contributed by atoms with E-state index in [1.807, 2.05) is 30.3 Å². The van der Waals surface area contributed by atoms with Gasteiger partial charge in [-0.05, 0) is 30.2 Å². The van der Waals surface area contributed by atoms with Crippen molar-refractivity contribution in [3.63, 3.8) is 0 Å². The number of rotatable bonds is 9. The third-order valence-corrected chi connectivity index (χ3v) is 3.58. The third-order valence-electron chi connectivity index (χ3n) is 3.58. The summed E-state index contributed by atoms with van der Waals surface area (Å²) >= 11 is 0. The van der Waals surface area contributed by atoms with Crippen molar-refractivity contribution < 1.29 is 14.3 Å². The van der Waals surface area contributed by atoms with E-state index in [1.165, 1.54) is 12.7 Å². The molecule has 0 spiro atoms. The van der Waals surface area contributed by atoms with Crippen LogP contribution >= 0.6 is 0 Å². The van der Waals surface area contributed by atoms with Gasteiger partial charge in [0.2, 0.25) is 5.91 Å². The second kappa shape index (κ2) is 10.6. The van der Waals surface area contributed by atoms with Crippen molar-refractivity contribution in [3.8, 4) is 0 Å². The largest absolute Gasteiger partial charge is 0.453 e. The number of amides is 2. The molecule has 0 aliphatic carbocycles. The molecule has 5 heteroatoms. The maximum atomic E-state index is 12.1. The molecule has 128 valence electrons. The van der Waals surface area contributed by atoms with Gasteiger partial charge < -0.3 is 15.4 Å². The van der Waals surface area contributed by atoms with Crippen molar-refractivity contribution >= 4 is 12.0 Å². The molecule has 0 saturated heterocycles. The highest BCUT2D eigenvalue weighted by Gasteiger charge is 2.16. The summed E-state index contributed by atoms with van der Waals surface area (Å²) in [4.78, 5) is 23.3. The van der Waals surface area contributed by atoms with Crippen LogP contribution in [0.4, 0.5) is 4.79 Å². The zero-order valence-corrected chi connectivity index (χ0v) is 14.3. The minimum absolute atomic E-state index is 0.0262. The molecule has 0 aliphatic heterocycles. The maximum absolute atomic E-state index is 12.1. The van der Waals surface area contributed by atoms with Crippen LogP contribution in [0, 0.1) is 11.8 Å². The van der Waals surface area contributed by atoms with Gasteiger partial charge in [-0.15, -0.1) is 0 Å². The molecule has 0 saturated carbocycles. The first kappa shape index (κ1) is 19.0. The normalized spacial score (nSPS) is 11.8. The number of carbonyl (C=O) groups excluding carboxylic acids is 2. The Morgan fingerprint density at radius 2 is 1.83 bits per heavy atom. The molecule has 1 atom stereocenters. The van der Waals surface area contributed by atoms with Crippen LogP contribution in [0.25, 0.3) is 0 Å². The fraction of sp³-hybridized carbons (Fsp3) is 0.556. The minimum atomic E-state index is -0.455. The Hall–Kier alpha value is -2.04. The number of nitrogens with one attached hydrogen (secondary N) is 2. The van der Waals surface area contributed by atoms with Gasteiger partial charge in [0, 0.05) is 19.5 Å². The number of hydrogen-bond donors (Lipinski definition) is 2. The Kier molecular flexibility index (Phi) is 8.80. The van der Waals surface area contributed by atoms with Crippen molar-refractivity contribution in [2.75, 3.05) is 20.2 Å². The molecule has 5 nitrogen and oxygen atoms in total. The number of ether oxygens (including phenoxy) is 1. The van der Waals surface area contributed by atoms with Crippen LogP contribution < -0.4 is 10.6 Å². The summed E-state index contributed by atoms with van der Waals surface area (Å²) in [5.41, 5.74) is 1.21. The van der Waals surface area contributed by atoms with Crippen molar-refractivity contribution in [3.05, 3.63) is 35.9 Å². The molecule has 2 N–H and O–H groups in total. The average molecular weight is 320 g/mol. The highest BCUT2D eigenvalue weighted by Crippen LogP contribution is 2.14. The van der Waals surface area contributed by atoms with Gasteiger partial charge in [0.05, 0.1) is 7.11 Å². The molecule has 0 radical (unpaired) electrons. The lowest BCUT2D eigenvalue weighted by molar-refractivity contribution is -0.122. The molecule has 0 aliphatic rings. The molecule has 23 heavy (non-hydrogen) atoms. The summed E-state index contributed by atoms with van der Waals surface area (Å²) < 4.78 is 4.57. The van der Waals surface area contributed by atoms with Crippen LogP contribution in [0.2, 0.25) is 0 Å². The Labute approximate surface area is 138 Å². The van der Waals surface area contributed by atoms with Crippen molar-refractivity contribution in [1.29, 1.82) is 0 Å². The van der Waals surface area contributed by atoms with Crippen LogP contribution in [-0.4, -0.2) is 32.2 Å². The van der Waals surface area contributed by atoms with Crippen molar-refractivity contribution in [2.24, 2.45) is 11.8 Å². The molecular weight excluding hydrogens is 292 g/mol. The van der Waals surface area contributed by atoms with Gasteiger partial charge in [0.15, 0.2) is 0 Å². The van der Waals surface area contributed by atoms with Gasteiger partial charge in [0.1, 0.15) is 0 Å². The lowest BCUT2D eigenvalue weighted by Crippen LogP contribution is -2.34. The highest BCUT2D eigenvalue weighted by atomic mass is 16.5. The van der Waals surface area contributed by atoms with Gasteiger partial charge in [0.25, 0.3) is 0 Å². The van der Waals surface area contributed by atoms with Crippen LogP contribution in [0.5, 0.6) is 0 Å². The Balaban J connectivity index is 2.35. The molecule has 2 amide bonds. The van der Waals surface area contributed by atoms with E-state index in [9.17, 15) is 9.59 Å². The van der Waals surface area contributed by atoms with Gasteiger partial charge in [-0.3, -0.25) is 4.79 Å². The van der Waals surface area contributed by atoms with E-state index < -0.39 is 6.09 Å². The summed E-state index contributed by atoms with van der Waals surface area (Å²) in [6.45, 7) is 5.30. The quantitative estimate of drug-likeness (QED) is 0.735. The second-order valence-electron chi connectivity index (χ2n) is 6.16. The van der Waals surface area contributed by atoms with Crippen LogP contribution in [0.15, 0.2) is 30.3 Å². The summed E-state index contributed by atoms with van der Waals surface area (Å²) in [7, 11) is 1.34. The predicted molar refractivity (Wildman–Crippen MR) is 91.1 cm³/mol. The van der Waals surface area contributed by atoms with Crippen LogP contribution in [-0.2, 0) is 16.0 Å². The topological polar surface area (TPSA) is 67.4 Å². The first-order valence-corrected chi connectivity index (χ1v) is 8.13. The van der Waals surface area contributed by atoms with E-state index in [2.05, 4.69) is 29.2 Å². The Morgan fingerprint density at radius 3 is 2.43 bits per heavy atom. The summed E-state index contributed by atoms with van der Waals surface area (Å²) in [6.07, 6.45) is 1.66. The number of hydrogen-bond acceptors (Lipinski definition) is 3. The summed E-state index contributed by atoms with van der Waals surface area (Å²) in [6, 6.07) is 10.1. The molecule has 1 rings (SSSR count). The van der Waals surface area contributed by atoms with Gasteiger partial charge in [-0.1, -0.05) is 44.2 Å². The zero-order valence-electron chi connectivity index (χ0n) is 14.3. The lowest BCUT2D eigenvalue weighted by Gasteiger charge is -2.19. The lowest BCUT2D eigenvalue weighted by atomic mass is 9.93. The SMILES string of the molecule is COC(=O)NC[C@H](CC(=O)NCCc1ccccc1)CC(C)C. The van der Waals surface area contributed by atoms with Crippen LogP contribution in [0.3, 0.4) is 0 Å². The molecule has 1 aromatic rings. The molecule has 0 aromatic heterocycles. The molecule has 0 fully saturated rings. The van der Waals surface area contributed by atoms with E-state index in [-0.39, 0.29) is 11.8 Å².